The van der Waals surface area contributed by atoms with Gasteiger partial charge in [0.15, 0.2) is 0 Å². The van der Waals surface area contributed by atoms with Crippen LogP contribution in [0.5, 0.6) is 0 Å². The molecule has 0 radical (unpaired) electrons. The summed E-state index contributed by atoms with van der Waals surface area (Å²) in [6.45, 7) is 3.73. The molecule has 114 valence electrons. The highest BCUT2D eigenvalue weighted by Crippen LogP contribution is 2.35. The third kappa shape index (κ3) is 3.43. The minimum Gasteiger partial charge on any atom is -0.341 e. The first-order valence-electron chi connectivity index (χ1n) is 8.03. The molecule has 0 unspecified atom stereocenters. The van der Waals surface area contributed by atoms with Gasteiger partial charge < -0.3 is 10.2 Å². The molecule has 0 aliphatic carbocycles. The van der Waals surface area contributed by atoms with Crippen molar-refractivity contribution in [2.45, 2.75) is 49.6 Å². The number of carbonyl (C=O) groups is 1. The summed E-state index contributed by atoms with van der Waals surface area (Å²) in [5.74, 6) is 1.50. The van der Waals surface area contributed by atoms with Gasteiger partial charge in [0.1, 0.15) is 0 Å². The molecule has 1 fully saturated rings. The zero-order valence-corrected chi connectivity index (χ0v) is 13.5. The van der Waals surface area contributed by atoms with E-state index >= 15 is 0 Å². The quantitative estimate of drug-likeness (QED) is 0.930. The molecule has 1 aromatic carbocycles. The van der Waals surface area contributed by atoms with Crippen LogP contribution in [0, 0.1) is 0 Å². The Balaban J connectivity index is 1.67. The molecule has 0 saturated carbocycles. The number of hydrogen-bond donors (Lipinski definition) is 1. The van der Waals surface area contributed by atoms with Gasteiger partial charge in [-0.15, -0.1) is 11.8 Å². The average Bonchev–Trinajstić information content (AvgIpc) is 2.89. The Bertz CT molecular complexity index is 505. The molecular weight excluding hydrogens is 280 g/mol. The number of hydrogen-bond acceptors (Lipinski definition) is 3. The fourth-order valence-electron chi connectivity index (χ4n) is 3.33. The van der Waals surface area contributed by atoms with E-state index in [1.54, 1.807) is 0 Å². The lowest BCUT2D eigenvalue weighted by Gasteiger charge is -2.23. The number of rotatable bonds is 3. The van der Waals surface area contributed by atoms with E-state index in [-0.39, 0.29) is 5.91 Å². The standard InChI is InChI=1S/C17H24N2OS/c1-2-17(20)19-10-9-13(12-19)18-15-7-5-11-21-16-8-4-3-6-14(15)16/h3-4,6,8,13,15,18H,2,5,7,9-12H2,1H3/t13-,15-/m1/s1. The highest BCUT2D eigenvalue weighted by atomic mass is 32.2. The van der Waals surface area contributed by atoms with E-state index in [0.29, 0.717) is 18.5 Å². The first-order valence-corrected chi connectivity index (χ1v) is 9.02. The SMILES string of the molecule is CCC(=O)N1CC[C@@H](N[C@@H]2CCCSc3ccccc32)C1. The average molecular weight is 304 g/mol. The Labute approximate surface area is 131 Å². The molecule has 0 aromatic heterocycles. The molecule has 1 N–H and O–H groups in total. The Kier molecular flexibility index (Phi) is 4.86. The van der Waals surface area contributed by atoms with E-state index in [2.05, 4.69) is 29.6 Å². The second-order valence-corrected chi connectivity index (χ2v) is 7.06. The van der Waals surface area contributed by atoms with Gasteiger partial charge in [-0.25, -0.2) is 0 Å². The summed E-state index contributed by atoms with van der Waals surface area (Å²) in [5.41, 5.74) is 1.44. The minimum absolute atomic E-state index is 0.288. The summed E-state index contributed by atoms with van der Waals surface area (Å²) < 4.78 is 0. The normalized spacial score (nSPS) is 25.5. The minimum atomic E-state index is 0.288. The third-order valence-electron chi connectivity index (χ3n) is 4.47. The maximum atomic E-state index is 11.8. The highest BCUT2D eigenvalue weighted by Gasteiger charge is 2.28. The van der Waals surface area contributed by atoms with Crippen LogP contribution in [0.1, 0.15) is 44.2 Å². The maximum Gasteiger partial charge on any atom is 0.222 e. The first kappa shape index (κ1) is 14.9. The van der Waals surface area contributed by atoms with Gasteiger partial charge in [-0.3, -0.25) is 4.79 Å². The van der Waals surface area contributed by atoms with Gasteiger partial charge in [0.05, 0.1) is 0 Å². The number of likely N-dealkylation sites (tertiary alicyclic amines) is 1. The molecular formula is C17H24N2OS. The van der Waals surface area contributed by atoms with E-state index in [4.69, 9.17) is 0 Å². The van der Waals surface area contributed by atoms with Crippen molar-refractivity contribution in [2.24, 2.45) is 0 Å². The lowest BCUT2D eigenvalue weighted by molar-refractivity contribution is -0.129. The second kappa shape index (κ2) is 6.84. The highest BCUT2D eigenvalue weighted by molar-refractivity contribution is 7.99. The largest absolute Gasteiger partial charge is 0.341 e. The number of amides is 1. The number of benzene rings is 1. The maximum absolute atomic E-state index is 11.8. The smallest absolute Gasteiger partial charge is 0.222 e. The lowest BCUT2D eigenvalue weighted by Crippen LogP contribution is -2.37. The van der Waals surface area contributed by atoms with Crippen LogP contribution in [0.2, 0.25) is 0 Å². The van der Waals surface area contributed by atoms with Crippen molar-refractivity contribution in [2.75, 3.05) is 18.8 Å². The van der Waals surface area contributed by atoms with Crippen molar-refractivity contribution < 1.29 is 4.79 Å². The molecule has 0 bridgehead atoms. The molecule has 0 spiro atoms. The molecule has 2 aliphatic heterocycles. The van der Waals surface area contributed by atoms with Crippen LogP contribution in [0.4, 0.5) is 0 Å². The molecule has 1 amide bonds. The van der Waals surface area contributed by atoms with Gasteiger partial charge >= 0.3 is 0 Å². The fraction of sp³-hybridized carbons (Fsp3) is 0.588. The Morgan fingerprint density at radius 2 is 2.24 bits per heavy atom. The van der Waals surface area contributed by atoms with Crippen LogP contribution in [-0.2, 0) is 4.79 Å². The molecule has 3 nitrogen and oxygen atoms in total. The number of thioether (sulfide) groups is 1. The van der Waals surface area contributed by atoms with Gasteiger partial charge in [0, 0.05) is 36.5 Å². The monoisotopic (exact) mass is 304 g/mol. The Morgan fingerprint density at radius 3 is 3.10 bits per heavy atom. The Morgan fingerprint density at radius 1 is 1.38 bits per heavy atom. The molecule has 4 heteroatoms. The fourth-order valence-corrected chi connectivity index (χ4v) is 4.41. The van der Waals surface area contributed by atoms with Crippen molar-refractivity contribution >= 4 is 17.7 Å². The summed E-state index contributed by atoms with van der Waals surface area (Å²) in [4.78, 5) is 15.2. The molecule has 2 heterocycles. The van der Waals surface area contributed by atoms with Crippen molar-refractivity contribution in [1.82, 2.24) is 10.2 Å². The Hall–Kier alpha value is -1.00. The van der Waals surface area contributed by atoms with Crippen LogP contribution in [0.25, 0.3) is 0 Å². The van der Waals surface area contributed by atoms with Crippen molar-refractivity contribution in [3.05, 3.63) is 29.8 Å². The summed E-state index contributed by atoms with van der Waals surface area (Å²) in [5, 5.41) is 3.82. The summed E-state index contributed by atoms with van der Waals surface area (Å²) >= 11 is 1.98. The number of nitrogens with zero attached hydrogens (tertiary/aromatic N) is 1. The zero-order chi connectivity index (χ0) is 14.7. The summed E-state index contributed by atoms with van der Waals surface area (Å²) in [6.07, 6.45) is 4.15. The van der Waals surface area contributed by atoms with Gasteiger partial charge in [-0.05, 0) is 36.6 Å². The summed E-state index contributed by atoms with van der Waals surface area (Å²) in [6, 6.07) is 9.66. The summed E-state index contributed by atoms with van der Waals surface area (Å²) in [7, 11) is 0. The van der Waals surface area contributed by atoms with Crippen LogP contribution < -0.4 is 5.32 Å². The molecule has 1 saturated heterocycles. The molecule has 21 heavy (non-hydrogen) atoms. The zero-order valence-electron chi connectivity index (χ0n) is 12.7. The van der Waals surface area contributed by atoms with Crippen LogP contribution in [-0.4, -0.2) is 35.7 Å². The van der Waals surface area contributed by atoms with Crippen molar-refractivity contribution in [3.8, 4) is 0 Å². The van der Waals surface area contributed by atoms with E-state index < -0.39 is 0 Å². The molecule has 2 aliphatic rings. The molecule has 3 rings (SSSR count). The first-order chi connectivity index (χ1) is 10.3. The predicted molar refractivity (Wildman–Crippen MR) is 87.6 cm³/mol. The van der Waals surface area contributed by atoms with E-state index in [1.807, 2.05) is 23.6 Å². The molecule has 1 aromatic rings. The van der Waals surface area contributed by atoms with Crippen molar-refractivity contribution in [3.63, 3.8) is 0 Å². The predicted octanol–water partition coefficient (Wildman–Crippen LogP) is 3.21. The van der Waals surface area contributed by atoms with Gasteiger partial charge in [-0.1, -0.05) is 25.1 Å². The van der Waals surface area contributed by atoms with Crippen LogP contribution >= 0.6 is 11.8 Å². The van der Waals surface area contributed by atoms with E-state index in [0.717, 1.165) is 19.5 Å². The lowest BCUT2D eigenvalue weighted by atomic mass is 10.0. The van der Waals surface area contributed by atoms with Gasteiger partial charge in [0.25, 0.3) is 0 Å². The van der Waals surface area contributed by atoms with Crippen LogP contribution in [0.3, 0.4) is 0 Å². The third-order valence-corrected chi connectivity index (χ3v) is 5.65. The topological polar surface area (TPSA) is 32.3 Å². The second-order valence-electron chi connectivity index (χ2n) is 5.93. The number of carbonyl (C=O) groups excluding carboxylic acids is 1. The van der Waals surface area contributed by atoms with E-state index in [1.165, 1.54) is 29.1 Å². The number of nitrogens with one attached hydrogen (secondary N) is 1. The van der Waals surface area contributed by atoms with Gasteiger partial charge in [0.2, 0.25) is 5.91 Å². The van der Waals surface area contributed by atoms with Gasteiger partial charge in [-0.2, -0.15) is 0 Å². The van der Waals surface area contributed by atoms with Crippen LogP contribution in [0.15, 0.2) is 29.2 Å². The van der Waals surface area contributed by atoms with E-state index in [9.17, 15) is 4.79 Å². The van der Waals surface area contributed by atoms with Crippen molar-refractivity contribution in [1.29, 1.82) is 0 Å². The molecule has 2 atom stereocenters. The number of fused-ring (bicyclic) bond motifs is 1.